The van der Waals surface area contributed by atoms with E-state index in [-0.39, 0.29) is 6.61 Å². The summed E-state index contributed by atoms with van der Waals surface area (Å²) in [6.07, 6.45) is 0.107. The molecule has 2 rings (SSSR count). The third kappa shape index (κ3) is 2.92. The van der Waals surface area contributed by atoms with Crippen LogP contribution in [0.5, 0.6) is 0 Å². The van der Waals surface area contributed by atoms with E-state index in [0.717, 1.165) is 32.5 Å². The minimum atomic E-state index is -1.25. The van der Waals surface area contributed by atoms with Crippen molar-refractivity contribution in [3.05, 3.63) is 0 Å². The quantitative estimate of drug-likeness (QED) is 0.803. The normalized spacial score (nSPS) is 41.4. The second-order valence-electron chi connectivity index (χ2n) is 5.31. The molecule has 0 radical (unpaired) electrons. The van der Waals surface area contributed by atoms with E-state index < -0.39 is 12.3 Å². The summed E-state index contributed by atoms with van der Waals surface area (Å²) in [6.45, 7) is 3.05. The number of aliphatic hydroxyl groups excluding tert-OH is 1. The lowest BCUT2D eigenvalue weighted by Crippen LogP contribution is -2.35. The van der Waals surface area contributed by atoms with Gasteiger partial charge in [0.2, 0.25) is 0 Å². The first kappa shape index (κ1) is 12.2. The highest BCUT2D eigenvalue weighted by Gasteiger charge is 2.32. The van der Waals surface area contributed by atoms with Gasteiger partial charge in [0.1, 0.15) is 12.3 Å². The molecule has 0 amide bonds. The number of hydrogen-bond acceptors (Lipinski definition) is 2. The predicted molar refractivity (Wildman–Crippen MR) is 58.8 cm³/mol. The van der Waals surface area contributed by atoms with Gasteiger partial charge in [-0.3, -0.25) is 0 Å². The summed E-state index contributed by atoms with van der Waals surface area (Å²) in [5, 5.41) is 9.03. The van der Waals surface area contributed by atoms with Crippen LogP contribution in [0.2, 0.25) is 0 Å². The molecule has 94 valence electrons. The van der Waals surface area contributed by atoms with Crippen molar-refractivity contribution >= 4 is 0 Å². The highest BCUT2D eigenvalue weighted by molar-refractivity contribution is 4.84. The number of halogens is 2. The van der Waals surface area contributed by atoms with Crippen molar-refractivity contribution in [2.45, 2.75) is 38.0 Å². The van der Waals surface area contributed by atoms with Crippen molar-refractivity contribution < 1.29 is 13.9 Å². The van der Waals surface area contributed by atoms with Gasteiger partial charge in [-0.05, 0) is 44.1 Å². The van der Waals surface area contributed by atoms with Gasteiger partial charge >= 0.3 is 0 Å². The van der Waals surface area contributed by atoms with Crippen molar-refractivity contribution in [3.8, 4) is 0 Å². The summed E-state index contributed by atoms with van der Waals surface area (Å²) >= 11 is 0. The molecule has 4 heteroatoms. The van der Waals surface area contributed by atoms with Crippen LogP contribution >= 0.6 is 0 Å². The second kappa shape index (κ2) is 5.41. The van der Waals surface area contributed by atoms with Gasteiger partial charge < -0.3 is 10.0 Å². The van der Waals surface area contributed by atoms with Gasteiger partial charge in [0.15, 0.2) is 0 Å². The van der Waals surface area contributed by atoms with Crippen molar-refractivity contribution in [1.82, 2.24) is 4.90 Å². The van der Waals surface area contributed by atoms with E-state index in [1.54, 1.807) is 0 Å². The number of alkyl halides is 2. The monoisotopic (exact) mass is 233 g/mol. The Morgan fingerprint density at radius 1 is 1.06 bits per heavy atom. The molecule has 3 unspecified atom stereocenters. The topological polar surface area (TPSA) is 23.5 Å². The number of hydrogen-bond donors (Lipinski definition) is 1. The smallest absolute Gasteiger partial charge is 0.131 e. The first-order chi connectivity index (χ1) is 7.69. The molecule has 1 saturated carbocycles. The molecule has 2 fully saturated rings. The van der Waals surface area contributed by atoms with Gasteiger partial charge in [-0.25, -0.2) is 8.78 Å². The maximum Gasteiger partial charge on any atom is 0.131 e. The van der Waals surface area contributed by atoms with E-state index in [2.05, 4.69) is 4.90 Å². The molecule has 2 nitrogen and oxygen atoms in total. The molecule has 1 heterocycles. The highest BCUT2D eigenvalue weighted by Crippen LogP contribution is 2.30. The van der Waals surface area contributed by atoms with Crippen LogP contribution < -0.4 is 0 Å². The van der Waals surface area contributed by atoms with Crippen molar-refractivity contribution in [1.29, 1.82) is 0 Å². The molecule has 2 aliphatic rings. The third-order valence-corrected chi connectivity index (χ3v) is 3.95. The Balaban J connectivity index is 1.74. The van der Waals surface area contributed by atoms with E-state index in [4.69, 9.17) is 5.11 Å². The van der Waals surface area contributed by atoms with Gasteiger partial charge in [0.05, 0.1) is 0 Å². The number of likely N-dealkylation sites (tertiary alicyclic amines) is 1. The Hall–Kier alpha value is -0.220. The first-order valence-electron chi connectivity index (χ1n) is 6.30. The molecule has 1 aliphatic heterocycles. The molecule has 0 bridgehead atoms. The van der Waals surface area contributed by atoms with Gasteiger partial charge in [-0.15, -0.1) is 0 Å². The average Bonchev–Trinajstić information content (AvgIpc) is 2.71. The molecule has 0 aromatic carbocycles. The number of aliphatic hydroxyl groups is 1. The first-order valence-corrected chi connectivity index (χ1v) is 6.30. The largest absolute Gasteiger partial charge is 0.396 e. The molecule has 4 atom stereocenters. The minimum Gasteiger partial charge on any atom is -0.396 e. The van der Waals surface area contributed by atoms with Crippen LogP contribution in [0.1, 0.15) is 25.7 Å². The lowest BCUT2D eigenvalue weighted by atomic mass is 9.86. The predicted octanol–water partition coefficient (Wildman–Crippen LogP) is 1.78. The van der Waals surface area contributed by atoms with E-state index in [1.807, 2.05) is 0 Å². The maximum atomic E-state index is 13.2. The Bertz CT molecular complexity index is 227. The fourth-order valence-corrected chi connectivity index (χ4v) is 2.92. The van der Waals surface area contributed by atoms with Crippen LogP contribution in [0.3, 0.4) is 0 Å². The Morgan fingerprint density at radius 3 is 2.50 bits per heavy atom. The summed E-state index contributed by atoms with van der Waals surface area (Å²) in [5.41, 5.74) is 0. The van der Waals surface area contributed by atoms with E-state index in [0.29, 0.717) is 24.7 Å². The van der Waals surface area contributed by atoms with Gasteiger partial charge in [0.25, 0.3) is 0 Å². The third-order valence-electron chi connectivity index (χ3n) is 3.95. The van der Waals surface area contributed by atoms with Crippen molar-refractivity contribution in [2.24, 2.45) is 11.8 Å². The molecule has 0 aromatic rings. The average molecular weight is 233 g/mol. The molecule has 0 spiro atoms. The number of nitrogens with zero attached hydrogens (tertiary/aromatic N) is 1. The molecule has 1 N–H and O–H groups in total. The highest BCUT2D eigenvalue weighted by atomic mass is 19.2. The molecule has 16 heavy (non-hydrogen) atoms. The molecule has 1 aliphatic carbocycles. The molecular weight excluding hydrogens is 212 g/mol. The summed E-state index contributed by atoms with van der Waals surface area (Å²) in [7, 11) is 0. The fourth-order valence-electron chi connectivity index (χ4n) is 2.92. The minimum absolute atomic E-state index is 0.249. The van der Waals surface area contributed by atoms with Crippen LogP contribution in [0, 0.1) is 11.8 Å². The van der Waals surface area contributed by atoms with Crippen LogP contribution in [0.25, 0.3) is 0 Å². The fraction of sp³-hybridized carbons (Fsp3) is 1.00. The van der Waals surface area contributed by atoms with E-state index in [1.165, 1.54) is 0 Å². The van der Waals surface area contributed by atoms with Crippen molar-refractivity contribution in [2.75, 3.05) is 26.2 Å². The van der Waals surface area contributed by atoms with Crippen molar-refractivity contribution in [3.63, 3.8) is 0 Å². The van der Waals surface area contributed by atoms with Gasteiger partial charge in [-0.2, -0.15) is 0 Å². The van der Waals surface area contributed by atoms with Gasteiger partial charge in [-0.1, -0.05) is 0 Å². The van der Waals surface area contributed by atoms with Gasteiger partial charge in [0, 0.05) is 19.7 Å². The lowest BCUT2D eigenvalue weighted by molar-refractivity contribution is 0.0760. The summed E-state index contributed by atoms with van der Waals surface area (Å²) in [4.78, 5) is 2.29. The second-order valence-corrected chi connectivity index (χ2v) is 5.31. The van der Waals surface area contributed by atoms with Crippen LogP contribution in [-0.2, 0) is 0 Å². The maximum absolute atomic E-state index is 13.2. The number of rotatable bonds is 3. The summed E-state index contributed by atoms with van der Waals surface area (Å²) in [5.74, 6) is 0.693. The zero-order chi connectivity index (χ0) is 11.5. The molecule has 1 saturated heterocycles. The Kier molecular flexibility index (Phi) is 4.14. The van der Waals surface area contributed by atoms with E-state index >= 15 is 0 Å². The SMILES string of the molecule is OC[C@@H]1CCN(CC2CCC(F)C(F)C2)C1. The van der Waals surface area contributed by atoms with E-state index in [9.17, 15) is 8.78 Å². The molecular formula is C12H21F2NO. The Labute approximate surface area is 95.6 Å². The molecule has 0 aromatic heterocycles. The van der Waals surface area contributed by atoms with Crippen LogP contribution in [0.15, 0.2) is 0 Å². The Morgan fingerprint density at radius 2 is 1.88 bits per heavy atom. The van der Waals surface area contributed by atoms with Crippen LogP contribution in [0.4, 0.5) is 8.78 Å². The standard InChI is InChI=1S/C12H21F2NO/c13-11-2-1-9(5-12(11)14)6-15-4-3-10(7-15)8-16/h9-12,16H,1-8H2/t9?,10-,11?,12?/m1/s1. The van der Waals surface area contributed by atoms with Crippen LogP contribution in [-0.4, -0.2) is 48.6 Å². The lowest BCUT2D eigenvalue weighted by Gasteiger charge is -2.30. The summed E-state index contributed by atoms with van der Waals surface area (Å²) < 4.78 is 26.2. The zero-order valence-electron chi connectivity index (χ0n) is 9.62. The zero-order valence-corrected chi connectivity index (χ0v) is 9.62. The summed E-state index contributed by atoms with van der Waals surface area (Å²) in [6, 6.07) is 0.